The monoisotopic (exact) mass is 655 g/mol. The Bertz CT molecular complexity index is 1620. The fourth-order valence-corrected chi connectivity index (χ4v) is 13.2. The van der Waals surface area contributed by atoms with E-state index in [1.54, 1.807) is 16.4 Å². The van der Waals surface area contributed by atoms with Crippen LogP contribution in [-0.2, 0) is 30.6 Å². The topological polar surface area (TPSA) is 72.9 Å². The SMILES string of the molecule is Cc1ccc(S(=O)(=O)N2[C@H](CC=O)CC[C@H](OCc3ccccc3)[C@@H]2CO[Si](c2ccccc2)(c2ccccc2)C(C)(C)C)cc1. The highest BCUT2D eigenvalue weighted by molar-refractivity contribution is 7.89. The van der Waals surface area contributed by atoms with Crippen molar-refractivity contribution in [2.24, 2.45) is 0 Å². The zero-order valence-electron chi connectivity index (χ0n) is 27.2. The van der Waals surface area contributed by atoms with Gasteiger partial charge < -0.3 is 14.0 Å². The summed E-state index contributed by atoms with van der Waals surface area (Å²) < 4.78 is 44.7. The summed E-state index contributed by atoms with van der Waals surface area (Å²) in [7, 11) is -7.03. The number of rotatable bonds is 12. The maximum absolute atomic E-state index is 14.6. The summed E-state index contributed by atoms with van der Waals surface area (Å²) in [6.07, 6.45) is 1.61. The van der Waals surface area contributed by atoms with Crippen molar-refractivity contribution >= 4 is 35.0 Å². The van der Waals surface area contributed by atoms with E-state index in [0.717, 1.165) is 27.8 Å². The van der Waals surface area contributed by atoms with E-state index in [1.807, 2.05) is 85.8 Å². The van der Waals surface area contributed by atoms with Crippen LogP contribution in [0.15, 0.2) is 120 Å². The van der Waals surface area contributed by atoms with Crippen molar-refractivity contribution in [3.05, 3.63) is 126 Å². The fraction of sp³-hybridized carbons (Fsp3) is 0.342. The Kier molecular flexibility index (Phi) is 10.8. The van der Waals surface area contributed by atoms with Crippen molar-refractivity contribution in [2.75, 3.05) is 6.61 Å². The molecule has 0 saturated carbocycles. The molecule has 4 aromatic rings. The highest BCUT2D eigenvalue weighted by Crippen LogP contribution is 2.39. The zero-order chi connectivity index (χ0) is 32.8. The van der Waals surface area contributed by atoms with Crippen LogP contribution in [0.4, 0.5) is 0 Å². The van der Waals surface area contributed by atoms with Gasteiger partial charge in [0.25, 0.3) is 8.32 Å². The lowest BCUT2D eigenvalue weighted by molar-refractivity contribution is -0.110. The predicted octanol–water partition coefficient (Wildman–Crippen LogP) is 6.27. The molecule has 242 valence electrons. The van der Waals surface area contributed by atoms with E-state index in [9.17, 15) is 13.2 Å². The van der Waals surface area contributed by atoms with Crippen molar-refractivity contribution in [2.45, 2.75) is 81.7 Å². The highest BCUT2D eigenvalue weighted by atomic mass is 32.2. The van der Waals surface area contributed by atoms with Crippen LogP contribution in [-0.4, -0.2) is 52.1 Å². The Morgan fingerprint density at radius 1 is 0.804 bits per heavy atom. The lowest BCUT2D eigenvalue weighted by Gasteiger charge is -2.48. The van der Waals surface area contributed by atoms with Gasteiger partial charge in [-0.25, -0.2) is 8.42 Å². The number of hydrogen-bond donors (Lipinski definition) is 0. The fourth-order valence-electron chi connectivity index (χ4n) is 6.77. The first kappa shape index (κ1) is 33.9. The van der Waals surface area contributed by atoms with Crippen molar-refractivity contribution in [1.29, 1.82) is 0 Å². The predicted molar refractivity (Wildman–Crippen MR) is 186 cm³/mol. The summed E-state index contributed by atoms with van der Waals surface area (Å²) in [4.78, 5) is 12.2. The van der Waals surface area contributed by atoms with Crippen molar-refractivity contribution in [3.8, 4) is 0 Å². The summed E-state index contributed by atoms with van der Waals surface area (Å²) in [6.45, 7) is 9.02. The Hall–Kier alpha value is -3.40. The standard InChI is InChI=1S/C38H45NO5SSi/c1-30-20-23-33(24-21-30)45(41,42)39-32(26-27-40)22-25-37(43-28-31-14-8-5-9-15-31)36(39)29-44-46(38(2,3)4,34-16-10-6-11-17-34)35-18-12-7-13-19-35/h5-21,23-24,27,32,36-37H,22,25-26,28-29H2,1-4H3/t32-,36-,37-/m0/s1. The summed E-state index contributed by atoms with van der Waals surface area (Å²) in [6, 6.07) is 36.3. The van der Waals surface area contributed by atoms with Gasteiger partial charge in [0, 0.05) is 12.5 Å². The third kappa shape index (κ3) is 7.11. The molecular formula is C38H45NO5SSi. The second-order valence-corrected chi connectivity index (χ2v) is 19.3. The lowest BCUT2D eigenvalue weighted by Crippen LogP contribution is -2.68. The van der Waals surface area contributed by atoms with Gasteiger partial charge in [0.1, 0.15) is 6.29 Å². The number of aryl methyl sites for hydroxylation is 1. The molecule has 6 nitrogen and oxygen atoms in total. The summed E-state index contributed by atoms with van der Waals surface area (Å²) >= 11 is 0. The molecule has 5 rings (SSSR count). The maximum atomic E-state index is 14.6. The average Bonchev–Trinajstić information content (AvgIpc) is 3.05. The first-order valence-corrected chi connectivity index (χ1v) is 19.4. The van der Waals surface area contributed by atoms with E-state index in [-0.39, 0.29) is 23.0 Å². The van der Waals surface area contributed by atoms with E-state index in [4.69, 9.17) is 9.16 Å². The molecule has 0 N–H and O–H groups in total. The Morgan fingerprint density at radius 3 is 1.87 bits per heavy atom. The number of nitrogens with zero attached hydrogens (tertiary/aromatic N) is 1. The molecule has 4 aromatic carbocycles. The molecule has 0 bridgehead atoms. The minimum atomic E-state index is -4.02. The molecule has 0 unspecified atom stereocenters. The van der Waals surface area contributed by atoms with Crippen LogP contribution in [0.3, 0.4) is 0 Å². The molecule has 0 aliphatic carbocycles. The molecule has 46 heavy (non-hydrogen) atoms. The van der Waals surface area contributed by atoms with Crippen LogP contribution in [0.5, 0.6) is 0 Å². The number of aldehydes is 1. The van der Waals surface area contributed by atoms with Crippen LogP contribution in [0, 0.1) is 6.92 Å². The van der Waals surface area contributed by atoms with Crippen LogP contribution >= 0.6 is 0 Å². The van der Waals surface area contributed by atoms with Gasteiger partial charge in [-0.3, -0.25) is 0 Å². The van der Waals surface area contributed by atoms with E-state index in [2.05, 4.69) is 45.0 Å². The first-order chi connectivity index (χ1) is 22.1. The quantitative estimate of drug-likeness (QED) is 0.133. The van der Waals surface area contributed by atoms with Gasteiger partial charge in [-0.05, 0) is 52.9 Å². The number of ether oxygens (including phenoxy) is 1. The van der Waals surface area contributed by atoms with Crippen molar-refractivity contribution in [1.82, 2.24) is 4.31 Å². The number of carbonyl (C=O) groups is 1. The summed E-state index contributed by atoms with van der Waals surface area (Å²) in [5.74, 6) is 0. The smallest absolute Gasteiger partial charge is 0.261 e. The van der Waals surface area contributed by atoms with Gasteiger partial charge in [0.2, 0.25) is 10.0 Å². The van der Waals surface area contributed by atoms with E-state index < -0.39 is 36.5 Å². The number of carbonyl (C=O) groups excluding carboxylic acids is 1. The molecule has 0 radical (unpaired) electrons. The molecule has 8 heteroatoms. The van der Waals surface area contributed by atoms with Crippen LogP contribution in [0.1, 0.15) is 51.2 Å². The molecule has 1 aliphatic heterocycles. The van der Waals surface area contributed by atoms with E-state index >= 15 is 0 Å². The summed E-state index contributed by atoms with van der Waals surface area (Å²) in [5, 5.41) is 1.93. The van der Waals surface area contributed by atoms with Gasteiger partial charge in [-0.1, -0.05) is 129 Å². The van der Waals surface area contributed by atoms with E-state index in [0.29, 0.717) is 19.4 Å². The van der Waals surface area contributed by atoms with Crippen LogP contribution in [0.2, 0.25) is 5.04 Å². The largest absolute Gasteiger partial charge is 0.406 e. The molecule has 1 fully saturated rings. The Morgan fingerprint density at radius 2 is 1.35 bits per heavy atom. The summed E-state index contributed by atoms with van der Waals surface area (Å²) in [5.41, 5.74) is 1.98. The molecule has 0 spiro atoms. The van der Waals surface area contributed by atoms with Gasteiger partial charge in [-0.2, -0.15) is 4.31 Å². The zero-order valence-corrected chi connectivity index (χ0v) is 29.0. The van der Waals surface area contributed by atoms with Gasteiger partial charge in [0.15, 0.2) is 0 Å². The number of benzene rings is 4. The second kappa shape index (κ2) is 14.6. The maximum Gasteiger partial charge on any atom is 0.261 e. The van der Waals surface area contributed by atoms with Gasteiger partial charge in [0.05, 0.1) is 30.3 Å². The molecule has 1 aliphatic rings. The van der Waals surface area contributed by atoms with Gasteiger partial charge >= 0.3 is 0 Å². The Balaban J connectivity index is 1.62. The minimum absolute atomic E-state index is 0.103. The number of piperidine rings is 1. The molecule has 1 saturated heterocycles. The van der Waals surface area contributed by atoms with Crippen molar-refractivity contribution < 1.29 is 22.4 Å². The molecular weight excluding hydrogens is 611 g/mol. The second-order valence-electron chi connectivity index (χ2n) is 13.2. The number of sulfonamides is 1. The Labute approximate surface area is 275 Å². The highest BCUT2D eigenvalue weighted by Gasteiger charge is 2.52. The minimum Gasteiger partial charge on any atom is -0.406 e. The van der Waals surface area contributed by atoms with Crippen molar-refractivity contribution in [3.63, 3.8) is 0 Å². The van der Waals surface area contributed by atoms with Crippen LogP contribution in [0.25, 0.3) is 0 Å². The normalized spacial score (nSPS) is 19.5. The molecule has 0 aromatic heterocycles. The van der Waals surface area contributed by atoms with E-state index in [1.165, 1.54) is 0 Å². The third-order valence-corrected chi connectivity index (χ3v) is 16.1. The third-order valence-electron chi connectivity index (χ3n) is 9.06. The number of hydrogen-bond acceptors (Lipinski definition) is 5. The molecule has 1 heterocycles. The van der Waals surface area contributed by atoms with Gasteiger partial charge in [-0.15, -0.1) is 0 Å². The first-order valence-electron chi connectivity index (χ1n) is 16.0. The molecule has 0 amide bonds. The lowest BCUT2D eigenvalue weighted by atomic mass is 9.94. The average molecular weight is 656 g/mol. The molecule has 3 atom stereocenters. The van der Waals surface area contributed by atoms with Crippen LogP contribution < -0.4 is 10.4 Å².